The second kappa shape index (κ2) is 6.81. The number of aromatic amines is 1. The van der Waals surface area contributed by atoms with E-state index in [4.69, 9.17) is 11.6 Å². The van der Waals surface area contributed by atoms with Crippen molar-refractivity contribution in [3.05, 3.63) is 32.1 Å². The van der Waals surface area contributed by atoms with Crippen LogP contribution >= 0.6 is 23.4 Å². The van der Waals surface area contributed by atoms with E-state index in [1.165, 1.54) is 10.6 Å². The maximum Gasteiger partial charge on any atom is 0.329 e. The predicted octanol–water partition coefficient (Wildman–Crippen LogP) is 1.72. The molecule has 1 aromatic rings. The molecule has 4 nitrogen and oxygen atoms in total. The van der Waals surface area contributed by atoms with Crippen LogP contribution in [0.4, 0.5) is 0 Å². The van der Waals surface area contributed by atoms with E-state index in [0.29, 0.717) is 6.54 Å². The summed E-state index contributed by atoms with van der Waals surface area (Å²) in [6.07, 6.45) is 5.04. The SMILES string of the molecule is CSCCCCCn1c(=O)cc(Cl)[nH]c1=O. The highest BCUT2D eigenvalue weighted by atomic mass is 35.5. The van der Waals surface area contributed by atoms with E-state index in [1.807, 2.05) is 0 Å². The van der Waals surface area contributed by atoms with Crippen molar-refractivity contribution in [2.24, 2.45) is 0 Å². The molecule has 0 aliphatic rings. The molecular formula is C10H15ClN2O2S. The van der Waals surface area contributed by atoms with Crippen LogP contribution in [-0.4, -0.2) is 21.6 Å². The van der Waals surface area contributed by atoms with Crippen molar-refractivity contribution in [3.63, 3.8) is 0 Å². The van der Waals surface area contributed by atoms with E-state index in [-0.39, 0.29) is 10.7 Å². The van der Waals surface area contributed by atoms with Crippen LogP contribution in [0.2, 0.25) is 5.15 Å². The maximum absolute atomic E-state index is 11.4. The lowest BCUT2D eigenvalue weighted by atomic mass is 10.2. The van der Waals surface area contributed by atoms with Gasteiger partial charge in [0.15, 0.2) is 0 Å². The third-order valence-electron chi connectivity index (χ3n) is 2.22. The first-order valence-corrected chi connectivity index (χ1v) is 6.91. The van der Waals surface area contributed by atoms with Gasteiger partial charge in [0.2, 0.25) is 0 Å². The van der Waals surface area contributed by atoms with Crippen molar-refractivity contribution < 1.29 is 0 Å². The van der Waals surface area contributed by atoms with Gasteiger partial charge in [-0.3, -0.25) is 14.3 Å². The summed E-state index contributed by atoms with van der Waals surface area (Å²) in [5.74, 6) is 1.12. The Morgan fingerprint density at radius 2 is 2.12 bits per heavy atom. The highest BCUT2D eigenvalue weighted by molar-refractivity contribution is 7.98. The number of H-pyrrole nitrogens is 1. The van der Waals surface area contributed by atoms with Crippen LogP contribution in [0.15, 0.2) is 15.7 Å². The van der Waals surface area contributed by atoms with Gasteiger partial charge in [-0.2, -0.15) is 11.8 Å². The molecule has 16 heavy (non-hydrogen) atoms. The van der Waals surface area contributed by atoms with Gasteiger partial charge in [-0.15, -0.1) is 0 Å². The lowest BCUT2D eigenvalue weighted by Gasteiger charge is -2.03. The first-order chi connectivity index (χ1) is 7.65. The summed E-state index contributed by atoms with van der Waals surface area (Å²) in [6.45, 7) is 0.458. The van der Waals surface area contributed by atoms with Crippen LogP contribution in [0.25, 0.3) is 0 Å². The van der Waals surface area contributed by atoms with Crippen molar-refractivity contribution >= 4 is 23.4 Å². The van der Waals surface area contributed by atoms with Gasteiger partial charge in [0.1, 0.15) is 5.15 Å². The third-order valence-corrected chi connectivity index (χ3v) is 3.12. The van der Waals surface area contributed by atoms with E-state index in [9.17, 15) is 9.59 Å². The van der Waals surface area contributed by atoms with Crippen LogP contribution in [-0.2, 0) is 6.54 Å². The van der Waals surface area contributed by atoms with E-state index in [2.05, 4.69) is 11.2 Å². The smallest absolute Gasteiger partial charge is 0.298 e. The number of nitrogens with one attached hydrogen (secondary N) is 1. The molecule has 0 saturated carbocycles. The third kappa shape index (κ3) is 4.06. The fourth-order valence-electron chi connectivity index (χ4n) is 1.40. The van der Waals surface area contributed by atoms with Gasteiger partial charge in [0.25, 0.3) is 5.56 Å². The summed E-state index contributed by atoms with van der Waals surface area (Å²) in [4.78, 5) is 25.2. The number of halogens is 1. The van der Waals surface area contributed by atoms with E-state index < -0.39 is 5.69 Å². The molecule has 90 valence electrons. The molecule has 1 heterocycles. The Labute approximate surface area is 103 Å². The summed E-state index contributed by atoms with van der Waals surface area (Å²) in [7, 11) is 0. The lowest BCUT2D eigenvalue weighted by Crippen LogP contribution is -2.34. The minimum atomic E-state index is -0.428. The Hall–Kier alpha value is -0.680. The molecule has 6 heteroatoms. The minimum absolute atomic E-state index is 0.0913. The Kier molecular flexibility index (Phi) is 5.69. The summed E-state index contributed by atoms with van der Waals surface area (Å²) in [6, 6.07) is 1.23. The average Bonchev–Trinajstić information content (AvgIpc) is 2.20. The molecule has 0 aliphatic carbocycles. The number of hydrogen-bond acceptors (Lipinski definition) is 3. The average molecular weight is 263 g/mol. The Morgan fingerprint density at radius 3 is 2.75 bits per heavy atom. The van der Waals surface area contributed by atoms with Crippen LogP contribution in [0.3, 0.4) is 0 Å². The Balaban J connectivity index is 2.55. The van der Waals surface area contributed by atoms with Crippen molar-refractivity contribution in [2.45, 2.75) is 25.8 Å². The Bertz CT molecular complexity index is 410. The lowest BCUT2D eigenvalue weighted by molar-refractivity contribution is 0.565. The van der Waals surface area contributed by atoms with Crippen molar-refractivity contribution in [1.82, 2.24) is 9.55 Å². The second-order valence-electron chi connectivity index (χ2n) is 3.47. The van der Waals surface area contributed by atoms with Gasteiger partial charge < -0.3 is 0 Å². The summed E-state index contributed by atoms with van der Waals surface area (Å²) in [5.41, 5.74) is -0.763. The standard InChI is InChI=1S/C10H15ClN2O2S/c1-16-6-4-2-3-5-13-9(14)7-8(11)12-10(13)15/h7H,2-6H2,1H3,(H,12,15). The highest BCUT2D eigenvalue weighted by Gasteiger charge is 2.02. The summed E-state index contributed by atoms with van der Waals surface area (Å²) >= 11 is 7.36. The predicted molar refractivity (Wildman–Crippen MR) is 68.6 cm³/mol. The molecule has 0 amide bonds. The number of unbranched alkanes of at least 4 members (excludes halogenated alkanes) is 2. The topological polar surface area (TPSA) is 54.9 Å². The fourth-order valence-corrected chi connectivity index (χ4v) is 2.06. The molecule has 0 saturated heterocycles. The largest absolute Gasteiger partial charge is 0.329 e. The van der Waals surface area contributed by atoms with E-state index in [0.717, 1.165) is 25.0 Å². The van der Waals surface area contributed by atoms with Gasteiger partial charge in [-0.05, 0) is 24.9 Å². The van der Waals surface area contributed by atoms with Gasteiger partial charge in [-0.25, -0.2) is 4.79 Å². The van der Waals surface area contributed by atoms with Crippen LogP contribution in [0.1, 0.15) is 19.3 Å². The van der Waals surface area contributed by atoms with Gasteiger partial charge >= 0.3 is 5.69 Å². The monoisotopic (exact) mass is 262 g/mol. The molecule has 1 rings (SSSR count). The maximum atomic E-state index is 11.4. The van der Waals surface area contributed by atoms with Crippen molar-refractivity contribution in [2.75, 3.05) is 12.0 Å². The fraction of sp³-hybridized carbons (Fsp3) is 0.600. The zero-order valence-corrected chi connectivity index (χ0v) is 10.7. The first-order valence-electron chi connectivity index (χ1n) is 5.13. The second-order valence-corrected chi connectivity index (χ2v) is 4.86. The summed E-state index contributed by atoms with van der Waals surface area (Å²) in [5, 5.41) is 0.0913. The van der Waals surface area contributed by atoms with Crippen LogP contribution in [0.5, 0.6) is 0 Å². The molecule has 0 spiro atoms. The number of rotatable bonds is 6. The van der Waals surface area contributed by atoms with E-state index in [1.54, 1.807) is 11.8 Å². The first kappa shape index (κ1) is 13.4. The number of hydrogen-bond donors (Lipinski definition) is 1. The molecule has 0 radical (unpaired) electrons. The molecule has 0 fully saturated rings. The van der Waals surface area contributed by atoms with Crippen LogP contribution in [0, 0.1) is 0 Å². The highest BCUT2D eigenvalue weighted by Crippen LogP contribution is 2.02. The molecule has 0 bridgehead atoms. The molecule has 1 aromatic heterocycles. The number of aromatic nitrogens is 2. The molecule has 0 atom stereocenters. The van der Waals surface area contributed by atoms with E-state index >= 15 is 0 Å². The van der Waals surface area contributed by atoms with Crippen molar-refractivity contribution in [1.29, 1.82) is 0 Å². The zero-order chi connectivity index (χ0) is 12.0. The molecule has 0 aliphatic heterocycles. The molecule has 1 N–H and O–H groups in total. The minimum Gasteiger partial charge on any atom is -0.298 e. The van der Waals surface area contributed by atoms with Crippen LogP contribution < -0.4 is 11.2 Å². The van der Waals surface area contributed by atoms with Gasteiger partial charge in [0, 0.05) is 12.6 Å². The summed E-state index contributed by atoms with van der Waals surface area (Å²) < 4.78 is 1.19. The number of nitrogens with zero attached hydrogens (tertiary/aromatic N) is 1. The quantitative estimate of drug-likeness (QED) is 0.627. The molecular weight excluding hydrogens is 248 g/mol. The zero-order valence-electron chi connectivity index (χ0n) is 9.16. The Morgan fingerprint density at radius 1 is 1.38 bits per heavy atom. The van der Waals surface area contributed by atoms with Crippen molar-refractivity contribution in [3.8, 4) is 0 Å². The van der Waals surface area contributed by atoms with Gasteiger partial charge in [0.05, 0.1) is 0 Å². The molecule has 0 aromatic carbocycles. The van der Waals surface area contributed by atoms with Gasteiger partial charge in [-0.1, -0.05) is 18.0 Å². The number of thioether (sulfide) groups is 1. The molecule has 0 unspecified atom stereocenters. The normalized spacial score (nSPS) is 10.6.